The zero-order valence-electron chi connectivity index (χ0n) is 12.6. The van der Waals surface area contributed by atoms with Crippen molar-refractivity contribution < 1.29 is 17.2 Å². The second-order valence-electron chi connectivity index (χ2n) is 1.00. The van der Waals surface area contributed by atoms with Crippen LogP contribution in [0.5, 0.6) is 0 Å². The molecule has 0 saturated carbocycles. The van der Waals surface area contributed by atoms with E-state index in [1.54, 1.807) is 0 Å². The Morgan fingerprint density at radius 2 is 0.950 bits per heavy atom. The lowest BCUT2D eigenvalue weighted by molar-refractivity contribution is 0.296. The van der Waals surface area contributed by atoms with Crippen molar-refractivity contribution in [3.63, 3.8) is 0 Å². The van der Waals surface area contributed by atoms with Crippen LogP contribution in [0.4, 0.5) is 0 Å². The SMILES string of the molecule is C=C.C=C.C=C.C=C.C=C.C=C.C=CCOS(=O)(=O)O. The second-order valence-corrected chi connectivity index (χ2v) is 2.09. The van der Waals surface area contributed by atoms with Gasteiger partial charge in [-0.2, -0.15) is 8.42 Å². The molecule has 0 amide bonds. The molecule has 0 aromatic heterocycles. The van der Waals surface area contributed by atoms with Crippen molar-refractivity contribution in [3.05, 3.63) is 91.6 Å². The zero-order chi connectivity index (χ0) is 18.6. The molecule has 120 valence electrons. The molecule has 0 bridgehead atoms. The second kappa shape index (κ2) is 88.4. The Morgan fingerprint density at radius 3 is 1.00 bits per heavy atom. The normalized spacial score (nSPS) is 5.65. The van der Waals surface area contributed by atoms with Gasteiger partial charge in [-0.3, -0.25) is 4.55 Å². The first-order valence-corrected chi connectivity index (χ1v) is 6.15. The lowest BCUT2D eigenvalue weighted by atomic mass is 10.7. The van der Waals surface area contributed by atoms with Gasteiger partial charge in [0, 0.05) is 0 Å². The minimum atomic E-state index is -4.26. The topological polar surface area (TPSA) is 63.6 Å². The summed E-state index contributed by atoms with van der Waals surface area (Å²) in [6.45, 7) is 39.0. The molecule has 0 fully saturated rings. The molecule has 0 aliphatic heterocycles. The maximum Gasteiger partial charge on any atom is 0.397 e. The van der Waals surface area contributed by atoms with Crippen molar-refractivity contribution in [1.82, 2.24) is 0 Å². The van der Waals surface area contributed by atoms with Crippen LogP contribution in [0.3, 0.4) is 0 Å². The van der Waals surface area contributed by atoms with E-state index in [9.17, 15) is 8.42 Å². The molecule has 5 heteroatoms. The maximum atomic E-state index is 9.68. The fourth-order valence-electron chi connectivity index (χ4n) is 0.134. The van der Waals surface area contributed by atoms with E-state index in [0.717, 1.165) is 0 Å². The van der Waals surface area contributed by atoms with Crippen LogP contribution in [0.1, 0.15) is 0 Å². The lowest BCUT2D eigenvalue weighted by Crippen LogP contribution is -2.02. The summed E-state index contributed by atoms with van der Waals surface area (Å²) >= 11 is 0. The summed E-state index contributed by atoms with van der Waals surface area (Å²) in [5.41, 5.74) is 0. The first kappa shape index (κ1) is 43.0. The van der Waals surface area contributed by atoms with E-state index in [4.69, 9.17) is 4.55 Å². The van der Waals surface area contributed by atoms with Crippen LogP contribution < -0.4 is 0 Å². The van der Waals surface area contributed by atoms with Gasteiger partial charge in [-0.25, -0.2) is 4.18 Å². The van der Waals surface area contributed by atoms with Gasteiger partial charge in [-0.05, 0) is 0 Å². The summed E-state index contributed by atoms with van der Waals surface area (Å²) in [7, 11) is -4.26. The third kappa shape index (κ3) is 391. The van der Waals surface area contributed by atoms with Gasteiger partial charge >= 0.3 is 10.4 Å². The first-order valence-electron chi connectivity index (χ1n) is 4.79. The van der Waals surface area contributed by atoms with Gasteiger partial charge in [0.2, 0.25) is 0 Å². The maximum absolute atomic E-state index is 9.68. The highest BCUT2D eigenvalue weighted by Crippen LogP contribution is 1.83. The molecule has 0 aliphatic rings. The van der Waals surface area contributed by atoms with Gasteiger partial charge in [-0.15, -0.1) is 85.5 Å². The Hall–Kier alpha value is -1.95. The van der Waals surface area contributed by atoms with E-state index in [1.165, 1.54) is 6.08 Å². The number of hydrogen-bond acceptors (Lipinski definition) is 3. The Morgan fingerprint density at radius 1 is 0.750 bits per heavy atom. The fraction of sp³-hybridized carbons (Fsp3) is 0.0667. The Kier molecular flexibility index (Phi) is 190. The molecule has 0 aliphatic carbocycles. The lowest BCUT2D eigenvalue weighted by Gasteiger charge is -1.90. The molecule has 0 saturated heterocycles. The van der Waals surface area contributed by atoms with Crippen LogP contribution in [-0.2, 0) is 14.6 Å². The molecule has 0 heterocycles. The van der Waals surface area contributed by atoms with Crippen LogP contribution in [-0.4, -0.2) is 19.6 Å². The van der Waals surface area contributed by atoms with Gasteiger partial charge in [0.05, 0.1) is 6.61 Å². The van der Waals surface area contributed by atoms with Crippen molar-refractivity contribution in [3.8, 4) is 0 Å². The van der Waals surface area contributed by atoms with E-state index < -0.39 is 10.4 Å². The van der Waals surface area contributed by atoms with Crippen molar-refractivity contribution in [2.75, 3.05) is 6.61 Å². The monoisotopic (exact) mass is 306 g/mol. The molecule has 0 unspecified atom stereocenters. The fourth-order valence-corrected chi connectivity index (χ4v) is 0.402. The zero-order valence-corrected chi connectivity index (χ0v) is 13.4. The smallest absolute Gasteiger partial charge is 0.264 e. The molecule has 0 spiro atoms. The van der Waals surface area contributed by atoms with Crippen LogP contribution in [0, 0.1) is 0 Å². The van der Waals surface area contributed by atoms with Gasteiger partial charge < -0.3 is 0 Å². The van der Waals surface area contributed by atoms with Gasteiger partial charge in [0.15, 0.2) is 0 Å². The van der Waals surface area contributed by atoms with Crippen LogP contribution in [0.25, 0.3) is 0 Å². The highest BCUT2D eigenvalue weighted by Gasteiger charge is 1.99. The van der Waals surface area contributed by atoms with Crippen LogP contribution in [0.2, 0.25) is 0 Å². The average molecular weight is 306 g/mol. The molecular weight excluding hydrogens is 276 g/mol. The number of hydrogen-bond donors (Lipinski definition) is 1. The standard InChI is InChI=1S/C3H6O4S.6C2H4/c1-2-3-7-8(4,5)6;6*1-2/h2H,1,3H2,(H,4,5,6);6*1-2H2. The molecule has 0 atom stereocenters. The number of rotatable bonds is 3. The van der Waals surface area contributed by atoms with Crippen molar-refractivity contribution in [2.45, 2.75) is 0 Å². The Bertz CT molecular complexity index is 221. The van der Waals surface area contributed by atoms with E-state index in [2.05, 4.69) is 89.7 Å². The summed E-state index contributed by atoms with van der Waals surface area (Å²) in [6, 6.07) is 0. The molecule has 1 N–H and O–H groups in total. The molecule has 20 heavy (non-hydrogen) atoms. The minimum Gasteiger partial charge on any atom is -0.264 e. The average Bonchev–Trinajstić information content (AvgIpc) is 2.56. The van der Waals surface area contributed by atoms with Gasteiger partial charge in [0.25, 0.3) is 0 Å². The molecule has 0 aromatic carbocycles. The third-order valence-electron chi connectivity index (χ3n) is 0.335. The van der Waals surface area contributed by atoms with Crippen LogP contribution in [0.15, 0.2) is 91.6 Å². The first-order chi connectivity index (χ1) is 9.56. The quantitative estimate of drug-likeness (QED) is 0.600. The largest absolute Gasteiger partial charge is 0.397 e. The molecule has 0 radical (unpaired) electrons. The van der Waals surface area contributed by atoms with Crippen LogP contribution >= 0.6 is 0 Å². The molecular formula is C15H30O4S. The Balaban J connectivity index is -0.0000000238. The van der Waals surface area contributed by atoms with E-state index >= 15 is 0 Å². The van der Waals surface area contributed by atoms with E-state index in [-0.39, 0.29) is 6.61 Å². The van der Waals surface area contributed by atoms with E-state index in [1.807, 2.05) is 0 Å². The van der Waals surface area contributed by atoms with Crippen molar-refractivity contribution in [2.24, 2.45) is 0 Å². The summed E-state index contributed by atoms with van der Waals surface area (Å²) in [5, 5.41) is 0. The summed E-state index contributed by atoms with van der Waals surface area (Å²) in [6.07, 6.45) is 1.22. The van der Waals surface area contributed by atoms with Gasteiger partial charge in [0.1, 0.15) is 0 Å². The molecule has 0 aromatic rings. The minimum absolute atomic E-state index is 0.196. The highest BCUT2D eigenvalue weighted by atomic mass is 32.3. The van der Waals surface area contributed by atoms with Gasteiger partial charge in [-0.1, -0.05) is 6.08 Å². The summed E-state index contributed by atoms with van der Waals surface area (Å²) in [4.78, 5) is 0. The highest BCUT2D eigenvalue weighted by molar-refractivity contribution is 7.80. The van der Waals surface area contributed by atoms with Crippen molar-refractivity contribution >= 4 is 10.4 Å². The Labute approximate surface area is 126 Å². The predicted molar refractivity (Wildman–Crippen MR) is 95.2 cm³/mol. The third-order valence-corrected chi connectivity index (χ3v) is 0.769. The molecule has 4 nitrogen and oxygen atoms in total. The predicted octanol–water partition coefficient (Wildman–Crippen LogP) is 4.81. The van der Waals surface area contributed by atoms with E-state index in [0.29, 0.717) is 0 Å². The summed E-state index contributed by atoms with van der Waals surface area (Å²) < 4.78 is 31.0. The van der Waals surface area contributed by atoms with Crippen molar-refractivity contribution in [1.29, 1.82) is 0 Å². The summed E-state index contributed by atoms with van der Waals surface area (Å²) in [5.74, 6) is 0. The molecule has 0 rings (SSSR count).